The number of aromatic nitrogens is 1. The Balaban J connectivity index is 1.76. The van der Waals surface area contributed by atoms with Gasteiger partial charge in [-0.15, -0.1) is 0 Å². The minimum atomic E-state index is 0.978. The van der Waals surface area contributed by atoms with E-state index in [0.717, 1.165) is 18.3 Å². The minimum absolute atomic E-state index is 0.978. The Morgan fingerprint density at radius 2 is 2.36 bits per heavy atom. The highest BCUT2D eigenvalue weighted by Crippen LogP contribution is 2.29. The quantitative estimate of drug-likeness (QED) is 0.789. The highest BCUT2D eigenvalue weighted by atomic mass is 15.0. The summed E-state index contributed by atoms with van der Waals surface area (Å²) in [6.07, 6.45) is 7.45. The van der Waals surface area contributed by atoms with E-state index in [1.165, 1.54) is 31.2 Å². The third-order valence-electron chi connectivity index (χ3n) is 3.08. The standard InChI is InChI=1S/C12H18N2/c1-10-4-3-8-13-12(10)14-9-7-11-5-2-6-11/h3-4,8,11H,2,5-7,9H2,1H3,(H,13,14). The van der Waals surface area contributed by atoms with E-state index in [0.29, 0.717) is 0 Å². The second-order valence-electron chi connectivity index (χ2n) is 4.18. The van der Waals surface area contributed by atoms with E-state index in [1.54, 1.807) is 0 Å². The molecule has 0 aromatic carbocycles. The maximum Gasteiger partial charge on any atom is 0.128 e. The lowest BCUT2D eigenvalue weighted by Gasteiger charge is -2.25. The first-order chi connectivity index (χ1) is 6.86. The number of aryl methyl sites for hydroxylation is 1. The number of rotatable bonds is 4. The molecule has 76 valence electrons. The summed E-state index contributed by atoms with van der Waals surface area (Å²) in [4.78, 5) is 4.31. The molecular weight excluding hydrogens is 172 g/mol. The molecule has 0 atom stereocenters. The van der Waals surface area contributed by atoms with Gasteiger partial charge in [0.2, 0.25) is 0 Å². The first kappa shape index (κ1) is 9.50. The number of nitrogens with zero attached hydrogens (tertiary/aromatic N) is 1. The van der Waals surface area contributed by atoms with Crippen LogP contribution in [0.15, 0.2) is 18.3 Å². The van der Waals surface area contributed by atoms with Crippen molar-refractivity contribution in [2.75, 3.05) is 11.9 Å². The summed E-state index contributed by atoms with van der Waals surface area (Å²) in [6.45, 7) is 3.17. The van der Waals surface area contributed by atoms with Crippen molar-refractivity contribution in [3.8, 4) is 0 Å². The van der Waals surface area contributed by atoms with E-state index in [2.05, 4.69) is 23.3 Å². The number of nitrogens with one attached hydrogen (secondary N) is 1. The Kier molecular flexibility index (Phi) is 3.02. The maximum absolute atomic E-state index is 4.31. The van der Waals surface area contributed by atoms with Gasteiger partial charge in [-0.2, -0.15) is 0 Å². The van der Waals surface area contributed by atoms with E-state index < -0.39 is 0 Å². The fourth-order valence-electron chi connectivity index (χ4n) is 1.85. The molecule has 1 heterocycles. The molecule has 1 aliphatic rings. The van der Waals surface area contributed by atoms with Crippen LogP contribution in [0, 0.1) is 12.8 Å². The molecule has 0 aliphatic heterocycles. The number of pyridine rings is 1. The SMILES string of the molecule is Cc1cccnc1NCCC1CCC1. The van der Waals surface area contributed by atoms with Gasteiger partial charge in [0.1, 0.15) is 5.82 Å². The van der Waals surface area contributed by atoms with Crippen LogP contribution in [0.3, 0.4) is 0 Å². The molecular formula is C12H18N2. The topological polar surface area (TPSA) is 24.9 Å². The zero-order valence-electron chi connectivity index (χ0n) is 8.79. The first-order valence-corrected chi connectivity index (χ1v) is 5.52. The Labute approximate surface area is 85.7 Å². The molecule has 2 rings (SSSR count). The van der Waals surface area contributed by atoms with Gasteiger partial charge in [0, 0.05) is 12.7 Å². The van der Waals surface area contributed by atoms with Gasteiger partial charge in [-0.25, -0.2) is 4.98 Å². The van der Waals surface area contributed by atoms with Crippen molar-refractivity contribution >= 4 is 5.82 Å². The first-order valence-electron chi connectivity index (χ1n) is 5.52. The number of anilines is 1. The molecule has 0 radical (unpaired) electrons. The van der Waals surface area contributed by atoms with E-state index in [9.17, 15) is 0 Å². The lowest BCUT2D eigenvalue weighted by Crippen LogP contribution is -2.16. The molecule has 1 fully saturated rings. The highest BCUT2D eigenvalue weighted by molar-refractivity contribution is 5.42. The van der Waals surface area contributed by atoms with Gasteiger partial charge in [0.25, 0.3) is 0 Å². The normalized spacial score (nSPS) is 16.4. The van der Waals surface area contributed by atoms with Crippen LogP contribution in [-0.2, 0) is 0 Å². The summed E-state index contributed by atoms with van der Waals surface area (Å²) in [5.41, 5.74) is 1.24. The average molecular weight is 190 g/mol. The van der Waals surface area contributed by atoms with Crippen LogP contribution < -0.4 is 5.32 Å². The smallest absolute Gasteiger partial charge is 0.128 e. The van der Waals surface area contributed by atoms with Crippen LogP contribution in [0.4, 0.5) is 5.82 Å². The predicted molar refractivity (Wildman–Crippen MR) is 59.4 cm³/mol. The summed E-state index contributed by atoms with van der Waals surface area (Å²) in [5, 5.41) is 3.40. The van der Waals surface area contributed by atoms with Gasteiger partial charge in [-0.3, -0.25) is 0 Å². The van der Waals surface area contributed by atoms with Crippen molar-refractivity contribution in [1.82, 2.24) is 4.98 Å². The molecule has 1 aromatic rings. The molecule has 0 bridgehead atoms. The van der Waals surface area contributed by atoms with E-state index >= 15 is 0 Å². The molecule has 0 unspecified atom stereocenters. The Bertz CT molecular complexity index is 292. The van der Waals surface area contributed by atoms with Gasteiger partial charge in [0.05, 0.1) is 0 Å². The fourth-order valence-corrected chi connectivity index (χ4v) is 1.85. The zero-order valence-corrected chi connectivity index (χ0v) is 8.79. The number of hydrogen-bond acceptors (Lipinski definition) is 2. The van der Waals surface area contributed by atoms with Gasteiger partial charge < -0.3 is 5.32 Å². The lowest BCUT2D eigenvalue weighted by atomic mass is 9.83. The molecule has 0 spiro atoms. The van der Waals surface area contributed by atoms with Crippen LogP contribution in [0.2, 0.25) is 0 Å². The van der Waals surface area contributed by atoms with Crippen molar-refractivity contribution in [2.24, 2.45) is 5.92 Å². The van der Waals surface area contributed by atoms with Crippen molar-refractivity contribution in [2.45, 2.75) is 32.6 Å². The molecule has 1 N–H and O–H groups in total. The van der Waals surface area contributed by atoms with E-state index in [-0.39, 0.29) is 0 Å². The summed E-state index contributed by atoms with van der Waals surface area (Å²) >= 11 is 0. The van der Waals surface area contributed by atoms with Gasteiger partial charge in [-0.1, -0.05) is 25.3 Å². The Hall–Kier alpha value is -1.05. The van der Waals surface area contributed by atoms with Crippen LogP contribution >= 0.6 is 0 Å². The minimum Gasteiger partial charge on any atom is -0.370 e. The average Bonchev–Trinajstić information content (AvgIpc) is 2.12. The van der Waals surface area contributed by atoms with Crippen LogP contribution in [0.25, 0.3) is 0 Å². The summed E-state index contributed by atoms with van der Waals surface area (Å²) in [7, 11) is 0. The lowest BCUT2D eigenvalue weighted by molar-refractivity contribution is 0.303. The number of hydrogen-bond donors (Lipinski definition) is 1. The van der Waals surface area contributed by atoms with Gasteiger partial charge >= 0.3 is 0 Å². The molecule has 0 saturated heterocycles. The fraction of sp³-hybridized carbons (Fsp3) is 0.583. The highest BCUT2D eigenvalue weighted by Gasteiger charge is 2.16. The van der Waals surface area contributed by atoms with Crippen molar-refractivity contribution in [3.63, 3.8) is 0 Å². The van der Waals surface area contributed by atoms with Crippen molar-refractivity contribution in [1.29, 1.82) is 0 Å². The van der Waals surface area contributed by atoms with Crippen LogP contribution in [0.1, 0.15) is 31.2 Å². The molecule has 1 aliphatic carbocycles. The summed E-state index contributed by atoms with van der Waals surface area (Å²) in [5.74, 6) is 2.03. The monoisotopic (exact) mass is 190 g/mol. The molecule has 0 amide bonds. The molecule has 2 nitrogen and oxygen atoms in total. The van der Waals surface area contributed by atoms with Crippen molar-refractivity contribution in [3.05, 3.63) is 23.9 Å². The van der Waals surface area contributed by atoms with Gasteiger partial charge in [-0.05, 0) is 30.9 Å². The van der Waals surface area contributed by atoms with Crippen molar-refractivity contribution < 1.29 is 0 Å². The third-order valence-corrected chi connectivity index (χ3v) is 3.08. The molecule has 2 heteroatoms. The van der Waals surface area contributed by atoms with Gasteiger partial charge in [0.15, 0.2) is 0 Å². The second kappa shape index (κ2) is 4.45. The largest absolute Gasteiger partial charge is 0.370 e. The zero-order chi connectivity index (χ0) is 9.80. The Morgan fingerprint density at radius 3 is 3.00 bits per heavy atom. The summed E-state index contributed by atoms with van der Waals surface area (Å²) < 4.78 is 0. The van der Waals surface area contributed by atoms with E-state index in [1.807, 2.05) is 12.3 Å². The summed E-state index contributed by atoms with van der Waals surface area (Å²) in [6, 6.07) is 4.07. The molecule has 1 aromatic heterocycles. The maximum atomic E-state index is 4.31. The second-order valence-corrected chi connectivity index (χ2v) is 4.18. The van der Waals surface area contributed by atoms with Crippen LogP contribution in [-0.4, -0.2) is 11.5 Å². The van der Waals surface area contributed by atoms with E-state index in [4.69, 9.17) is 0 Å². The Morgan fingerprint density at radius 1 is 1.50 bits per heavy atom. The van der Waals surface area contributed by atoms with Crippen LogP contribution in [0.5, 0.6) is 0 Å². The third kappa shape index (κ3) is 2.25. The predicted octanol–water partition coefficient (Wildman–Crippen LogP) is 2.99. The molecule has 14 heavy (non-hydrogen) atoms. The molecule has 1 saturated carbocycles.